The summed E-state index contributed by atoms with van der Waals surface area (Å²) in [6.07, 6.45) is 0.870. The Morgan fingerprint density at radius 3 is 3.15 bits per heavy atom. The van der Waals surface area contributed by atoms with Crippen molar-refractivity contribution >= 4 is 5.69 Å². The number of hydrogen-bond donors (Lipinski definition) is 1. The van der Waals surface area contributed by atoms with Gasteiger partial charge in [-0.15, -0.1) is 0 Å². The average molecular weight is 180 g/mol. The number of rotatable bonds is 0. The average Bonchev–Trinajstić information content (AvgIpc) is 2.15. The van der Waals surface area contributed by atoms with E-state index < -0.39 is 0 Å². The van der Waals surface area contributed by atoms with Crippen LogP contribution in [0.3, 0.4) is 0 Å². The van der Waals surface area contributed by atoms with Crippen LogP contribution in [0.4, 0.5) is 5.69 Å². The lowest BCUT2D eigenvalue weighted by molar-refractivity contribution is 0.235. The predicted octanol–water partition coefficient (Wildman–Crippen LogP) is 0.521. The largest absolute Gasteiger partial charge is 0.479 e. The molecule has 1 aromatic heterocycles. The first-order chi connectivity index (χ1) is 6.20. The zero-order valence-electron chi connectivity index (χ0n) is 7.54. The van der Waals surface area contributed by atoms with Crippen LogP contribution in [0, 0.1) is 6.92 Å². The molecule has 0 aromatic carbocycles. The summed E-state index contributed by atoms with van der Waals surface area (Å²) in [5.41, 5.74) is 6.61. The number of fused-ring (bicyclic) bond motifs is 1. The van der Waals surface area contributed by atoms with Crippen molar-refractivity contribution in [2.24, 2.45) is 0 Å². The zero-order valence-corrected chi connectivity index (χ0v) is 7.54. The number of nitrogens with two attached hydrogens (primary N) is 1. The minimum Gasteiger partial charge on any atom is -0.479 e. The molecule has 0 saturated heterocycles. The summed E-state index contributed by atoms with van der Waals surface area (Å²) in [6.45, 7) is 3.21. The molecule has 0 atom stereocenters. The van der Waals surface area contributed by atoms with E-state index in [1.165, 1.54) is 0 Å². The van der Waals surface area contributed by atoms with Crippen molar-refractivity contribution in [2.45, 2.75) is 19.9 Å². The van der Waals surface area contributed by atoms with Crippen LogP contribution in [-0.4, -0.2) is 11.2 Å². The Morgan fingerprint density at radius 1 is 1.62 bits per heavy atom. The van der Waals surface area contributed by atoms with Gasteiger partial charge in [0.1, 0.15) is 5.69 Å². The third kappa shape index (κ3) is 1.18. The van der Waals surface area contributed by atoms with Gasteiger partial charge in [-0.1, -0.05) is 0 Å². The summed E-state index contributed by atoms with van der Waals surface area (Å²) in [5.74, 6) is 0.642. The van der Waals surface area contributed by atoms with Crippen molar-refractivity contribution in [3.63, 3.8) is 0 Å². The first-order valence-electron chi connectivity index (χ1n) is 4.33. The fourth-order valence-electron chi connectivity index (χ4n) is 1.49. The molecule has 0 unspecified atom stereocenters. The van der Waals surface area contributed by atoms with Crippen LogP contribution in [-0.2, 0) is 6.54 Å². The van der Waals surface area contributed by atoms with E-state index in [2.05, 4.69) is 0 Å². The molecule has 13 heavy (non-hydrogen) atoms. The Kier molecular flexibility index (Phi) is 1.76. The lowest BCUT2D eigenvalue weighted by Gasteiger charge is -2.20. The number of hydrogen-bond acceptors (Lipinski definition) is 3. The van der Waals surface area contributed by atoms with Gasteiger partial charge in [-0.25, -0.2) is 0 Å². The molecule has 0 amide bonds. The van der Waals surface area contributed by atoms with Gasteiger partial charge in [-0.05, 0) is 18.9 Å². The summed E-state index contributed by atoms with van der Waals surface area (Å²) < 4.78 is 6.94. The molecule has 0 spiro atoms. The van der Waals surface area contributed by atoms with Gasteiger partial charge in [0, 0.05) is 12.6 Å². The minimum atomic E-state index is -0.130. The van der Waals surface area contributed by atoms with Gasteiger partial charge in [-0.2, -0.15) is 0 Å². The smallest absolute Gasteiger partial charge is 0.276 e. The normalized spacial score (nSPS) is 14.8. The fraction of sp³-hybridized carbons (Fsp3) is 0.444. The molecule has 2 heterocycles. The number of nitrogen functional groups attached to an aromatic ring is 1. The van der Waals surface area contributed by atoms with Crippen LogP contribution in [0.15, 0.2) is 10.9 Å². The second kappa shape index (κ2) is 2.80. The molecular formula is C9H12N2O2. The van der Waals surface area contributed by atoms with E-state index >= 15 is 0 Å². The Hall–Kier alpha value is -1.45. The van der Waals surface area contributed by atoms with Crippen LogP contribution >= 0.6 is 0 Å². The number of pyridine rings is 1. The van der Waals surface area contributed by atoms with E-state index in [0.29, 0.717) is 24.7 Å². The number of ether oxygens (including phenoxy) is 1. The molecular weight excluding hydrogens is 168 g/mol. The monoisotopic (exact) mass is 180 g/mol. The second-order valence-corrected chi connectivity index (χ2v) is 3.24. The molecule has 1 aliphatic rings. The van der Waals surface area contributed by atoms with Gasteiger partial charge >= 0.3 is 0 Å². The highest BCUT2D eigenvalue weighted by atomic mass is 16.5. The van der Waals surface area contributed by atoms with E-state index in [1.807, 2.05) is 13.0 Å². The molecule has 0 radical (unpaired) electrons. The number of aryl methyl sites for hydroxylation is 1. The van der Waals surface area contributed by atoms with Gasteiger partial charge in [0.05, 0.1) is 6.61 Å². The molecule has 0 bridgehead atoms. The number of anilines is 1. The van der Waals surface area contributed by atoms with Crippen LogP contribution < -0.4 is 16.0 Å². The summed E-state index contributed by atoms with van der Waals surface area (Å²) in [7, 11) is 0. The molecule has 70 valence electrons. The van der Waals surface area contributed by atoms with E-state index in [0.717, 1.165) is 12.0 Å². The lowest BCUT2D eigenvalue weighted by Crippen LogP contribution is -2.29. The molecule has 1 aromatic rings. The molecule has 4 nitrogen and oxygen atoms in total. The van der Waals surface area contributed by atoms with Gasteiger partial charge in [0.2, 0.25) is 0 Å². The standard InChI is InChI=1S/C9H12N2O2/c1-6-5-7-11(3-2-4-13-7)9(12)8(6)10/h5H,2-4,10H2,1H3. The highest BCUT2D eigenvalue weighted by Gasteiger charge is 2.14. The summed E-state index contributed by atoms with van der Waals surface area (Å²) in [4.78, 5) is 11.6. The van der Waals surface area contributed by atoms with Gasteiger partial charge in [0.25, 0.3) is 5.56 Å². The Balaban J connectivity index is 2.68. The summed E-state index contributed by atoms with van der Waals surface area (Å²) >= 11 is 0. The van der Waals surface area contributed by atoms with E-state index in [9.17, 15) is 4.79 Å². The first kappa shape index (κ1) is 8.16. The molecule has 2 rings (SSSR count). The van der Waals surface area contributed by atoms with E-state index in [1.54, 1.807) is 4.57 Å². The number of nitrogens with zero attached hydrogens (tertiary/aromatic N) is 1. The Bertz CT molecular complexity index is 395. The zero-order chi connectivity index (χ0) is 9.42. The maximum absolute atomic E-state index is 11.6. The molecule has 4 heteroatoms. The third-order valence-corrected chi connectivity index (χ3v) is 2.28. The van der Waals surface area contributed by atoms with Crippen molar-refractivity contribution in [1.29, 1.82) is 0 Å². The molecule has 2 N–H and O–H groups in total. The predicted molar refractivity (Wildman–Crippen MR) is 50.0 cm³/mol. The van der Waals surface area contributed by atoms with E-state index in [-0.39, 0.29) is 5.56 Å². The maximum Gasteiger partial charge on any atom is 0.276 e. The number of aromatic nitrogens is 1. The quantitative estimate of drug-likeness (QED) is 0.633. The lowest BCUT2D eigenvalue weighted by atomic mass is 10.2. The Labute approximate surface area is 75.9 Å². The van der Waals surface area contributed by atoms with Gasteiger partial charge in [-0.3, -0.25) is 9.36 Å². The molecule has 0 fully saturated rings. The van der Waals surface area contributed by atoms with Crippen LogP contribution in [0.2, 0.25) is 0 Å². The topological polar surface area (TPSA) is 57.2 Å². The van der Waals surface area contributed by atoms with Crippen molar-refractivity contribution in [2.75, 3.05) is 12.3 Å². The maximum atomic E-state index is 11.6. The van der Waals surface area contributed by atoms with Crippen LogP contribution in [0.1, 0.15) is 12.0 Å². The fourth-order valence-corrected chi connectivity index (χ4v) is 1.49. The van der Waals surface area contributed by atoms with Crippen LogP contribution in [0.25, 0.3) is 0 Å². The van der Waals surface area contributed by atoms with Crippen molar-refractivity contribution < 1.29 is 4.74 Å². The molecule has 1 aliphatic heterocycles. The van der Waals surface area contributed by atoms with Gasteiger partial charge < -0.3 is 10.5 Å². The van der Waals surface area contributed by atoms with Crippen LogP contribution in [0.5, 0.6) is 5.88 Å². The molecule has 0 saturated carbocycles. The second-order valence-electron chi connectivity index (χ2n) is 3.24. The summed E-state index contributed by atoms with van der Waals surface area (Å²) in [5, 5.41) is 0. The van der Waals surface area contributed by atoms with Crippen molar-refractivity contribution in [1.82, 2.24) is 4.57 Å². The van der Waals surface area contributed by atoms with Crippen molar-refractivity contribution in [3.8, 4) is 5.88 Å². The Morgan fingerprint density at radius 2 is 2.38 bits per heavy atom. The summed E-state index contributed by atoms with van der Waals surface area (Å²) in [6, 6.07) is 1.82. The van der Waals surface area contributed by atoms with Gasteiger partial charge in [0.15, 0.2) is 5.88 Å². The highest BCUT2D eigenvalue weighted by molar-refractivity contribution is 5.46. The minimum absolute atomic E-state index is 0.130. The van der Waals surface area contributed by atoms with E-state index in [4.69, 9.17) is 10.5 Å². The van der Waals surface area contributed by atoms with Crippen molar-refractivity contribution in [3.05, 3.63) is 22.0 Å². The molecule has 0 aliphatic carbocycles. The third-order valence-electron chi connectivity index (χ3n) is 2.28. The highest BCUT2D eigenvalue weighted by Crippen LogP contribution is 2.18. The first-order valence-corrected chi connectivity index (χ1v) is 4.33. The SMILES string of the molecule is Cc1cc2n(c(=O)c1N)CCCO2.